The number of hydrogen-bond acceptors (Lipinski definition) is 3. The molecule has 1 aromatic rings. The van der Waals surface area contributed by atoms with Crippen LogP contribution in [-0.4, -0.2) is 18.3 Å². The van der Waals surface area contributed by atoms with E-state index in [2.05, 4.69) is 13.8 Å². The summed E-state index contributed by atoms with van der Waals surface area (Å²) in [6.45, 7) is 5.57. The molecule has 0 amide bonds. The lowest BCUT2D eigenvalue weighted by Crippen LogP contribution is -2.34. The average Bonchev–Trinajstić information content (AvgIpc) is 2.97. The molecule has 3 heteroatoms. The summed E-state index contributed by atoms with van der Waals surface area (Å²) in [5.74, 6) is 1.54. The van der Waals surface area contributed by atoms with Gasteiger partial charge in [-0.05, 0) is 49.3 Å². The molecule has 21 heavy (non-hydrogen) atoms. The molecule has 0 bridgehead atoms. The SMILES string of the molecule is CCCOc1cccc(C(O)C2(CN)CCC(CC)C2)c1. The van der Waals surface area contributed by atoms with Crippen LogP contribution in [0.15, 0.2) is 24.3 Å². The second-order valence-electron chi connectivity index (χ2n) is 6.41. The van der Waals surface area contributed by atoms with Crippen molar-refractivity contribution in [1.29, 1.82) is 0 Å². The smallest absolute Gasteiger partial charge is 0.119 e. The van der Waals surface area contributed by atoms with Crippen molar-refractivity contribution in [2.45, 2.75) is 52.1 Å². The Hall–Kier alpha value is -1.06. The molecule has 0 aliphatic heterocycles. The van der Waals surface area contributed by atoms with Gasteiger partial charge in [-0.25, -0.2) is 0 Å². The zero-order chi connectivity index (χ0) is 15.3. The fourth-order valence-electron chi connectivity index (χ4n) is 3.51. The van der Waals surface area contributed by atoms with Crippen LogP contribution in [0.1, 0.15) is 57.6 Å². The number of nitrogens with two attached hydrogens (primary N) is 1. The van der Waals surface area contributed by atoms with Crippen molar-refractivity contribution in [3.05, 3.63) is 29.8 Å². The van der Waals surface area contributed by atoms with Crippen molar-refractivity contribution in [3.8, 4) is 5.75 Å². The van der Waals surface area contributed by atoms with Gasteiger partial charge in [0.15, 0.2) is 0 Å². The third-order valence-corrected chi connectivity index (χ3v) is 4.96. The van der Waals surface area contributed by atoms with E-state index in [0.29, 0.717) is 19.1 Å². The standard InChI is InChI=1S/C18H29NO2/c1-3-10-21-16-7-5-6-15(11-16)17(20)18(13-19)9-8-14(4-2)12-18/h5-7,11,14,17,20H,3-4,8-10,12-13,19H2,1-2H3. The Morgan fingerprint density at radius 2 is 2.24 bits per heavy atom. The van der Waals surface area contributed by atoms with Crippen molar-refractivity contribution in [1.82, 2.24) is 0 Å². The molecule has 0 radical (unpaired) electrons. The van der Waals surface area contributed by atoms with E-state index in [1.54, 1.807) is 0 Å². The van der Waals surface area contributed by atoms with Crippen molar-refractivity contribution >= 4 is 0 Å². The van der Waals surface area contributed by atoms with Gasteiger partial charge in [0, 0.05) is 12.0 Å². The van der Waals surface area contributed by atoms with Crippen LogP contribution in [0.2, 0.25) is 0 Å². The topological polar surface area (TPSA) is 55.5 Å². The first-order valence-electron chi connectivity index (χ1n) is 8.26. The van der Waals surface area contributed by atoms with Crippen LogP contribution in [0, 0.1) is 11.3 Å². The quantitative estimate of drug-likeness (QED) is 0.806. The molecule has 1 aliphatic rings. The number of benzene rings is 1. The highest BCUT2D eigenvalue weighted by molar-refractivity contribution is 5.31. The fourth-order valence-corrected chi connectivity index (χ4v) is 3.51. The van der Waals surface area contributed by atoms with E-state index in [9.17, 15) is 5.11 Å². The third-order valence-electron chi connectivity index (χ3n) is 4.96. The molecule has 1 aromatic carbocycles. The molecule has 0 spiro atoms. The van der Waals surface area contributed by atoms with E-state index in [-0.39, 0.29) is 5.41 Å². The number of ether oxygens (including phenoxy) is 1. The Balaban J connectivity index is 2.16. The largest absolute Gasteiger partial charge is 0.494 e. The van der Waals surface area contributed by atoms with Crippen LogP contribution < -0.4 is 10.5 Å². The minimum Gasteiger partial charge on any atom is -0.494 e. The molecule has 1 fully saturated rings. The van der Waals surface area contributed by atoms with Crippen molar-refractivity contribution < 1.29 is 9.84 Å². The first-order valence-corrected chi connectivity index (χ1v) is 8.26. The van der Waals surface area contributed by atoms with E-state index in [4.69, 9.17) is 10.5 Å². The number of aliphatic hydroxyl groups excluding tert-OH is 1. The van der Waals surface area contributed by atoms with Crippen molar-refractivity contribution in [3.63, 3.8) is 0 Å². The molecular weight excluding hydrogens is 262 g/mol. The summed E-state index contributed by atoms with van der Waals surface area (Å²) in [6, 6.07) is 7.86. The highest BCUT2D eigenvalue weighted by Crippen LogP contribution is 2.50. The predicted octanol–water partition coefficient (Wildman–Crippen LogP) is 3.66. The molecule has 0 saturated heterocycles. The van der Waals surface area contributed by atoms with Gasteiger partial charge in [-0.2, -0.15) is 0 Å². The monoisotopic (exact) mass is 291 g/mol. The maximum Gasteiger partial charge on any atom is 0.119 e. The normalized spacial score (nSPS) is 26.8. The van der Waals surface area contributed by atoms with Crippen molar-refractivity contribution in [2.24, 2.45) is 17.1 Å². The maximum absolute atomic E-state index is 10.9. The fraction of sp³-hybridized carbons (Fsp3) is 0.667. The van der Waals surface area contributed by atoms with Crippen LogP contribution in [0.3, 0.4) is 0 Å². The van der Waals surface area contributed by atoms with E-state index in [0.717, 1.165) is 30.6 Å². The van der Waals surface area contributed by atoms with Gasteiger partial charge in [0.2, 0.25) is 0 Å². The zero-order valence-corrected chi connectivity index (χ0v) is 13.3. The lowest BCUT2D eigenvalue weighted by Gasteiger charge is -2.34. The molecule has 2 rings (SSSR count). The number of rotatable bonds is 7. The molecule has 118 valence electrons. The highest BCUT2D eigenvalue weighted by Gasteiger charge is 2.43. The molecule has 3 unspecified atom stereocenters. The van der Waals surface area contributed by atoms with Crippen LogP contribution in [0.4, 0.5) is 0 Å². The average molecular weight is 291 g/mol. The van der Waals surface area contributed by atoms with Gasteiger partial charge in [-0.1, -0.05) is 32.4 Å². The number of aliphatic hydroxyl groups is 1. The molecular formula is C18H29NO2. The van der Waals surface area contributed by atoms with E-state index in [1.807, 2.05) is 24.3 Å². The number of hydrogen-bond donors (Lipinski definition) is 2. The summed E-state index contributed by atoms with van der Waals surface area (Å²) in [6.07, 6.45) is 4.89. The molecule has 1 aliphatic carbocycles. The molecule has 3 nitrogen and oxygen atoms in total. The highest BCUT2D eigenvalue weighted by atomic mass is 16.5. The van der Waals surface area contributed by atoms with Gasteiger partial charge in [0.05, 0.1) is 12.7 Å². The summed E-state index contributed by atoms with van der Waals surface area (Å²) in [5.41, 5.74) is 6.82. The summed E-state index contributed by atoms with van der Waals surface area (Å²) in [5, 5.41) is 10.9. The van der Waals surface area contributed by atoms with Gasteiger partial charge in [-0.15, -0.1) is 0 Å². The van der Waals surface area contributed by atoms with Crippen LogP contribution in [0.25, 0.3) is 0 Å². The summed E-state index contributed by atoms with van der Waals surface area (Å²) >= 11 is 0. The van der Waals surface area contributed by atoms with E-state index in [1.165, 1.54) is 12.8 Å². The third kappa shape index (κ3) is 3.58. The first-order chi connectivity index (χ1) is 10.1. The van der Waals surface area contributed by atoms with Crippen LogP contribution >= 0.6 is 0 Å². The zero-order valence-electron chi connectivity index (χ0n) is 13.3. The lowest BCUT2D eigenvalue weighted by molar-refractivity contribution is 0.0299. The molecule has 0 heterocycles. The van der Waals surface area contributed by atoms with Gasteiger partial charge >= 0.3 is 0 Å². The second-order valence-corrected chi connectivity index (χ2v) is 6.41. The maximum atomic E-state index is 10.9. The van der Waals surface area contributed by atoms with Gasteiger partial charge in [0.25, 0.3) is 0 Å². The molecule has 1 saturated carbocycles. The summed E-state index contributed by atoms with van der Waals surface area (Å²) < 4.78 is 5.68. The molecule has 3 atom stereocenters. The van der Waals surface area contributed by atoms with E-state index < -0.39 is 6.10 Å². The Bertz CT molecular complexity index is 449. The Morgan fingerprint density at radius 1 is 1.43 bits per heavy atom. The molecule has 0 aromatic heterocycles. The van der Waals surface area contributed by atoms with E-state index >= 15 is 0 Å². The molecule has 3 N–H and O–H groups in total. The van der Waals surface area contributed by atoms with Gasteiger partial charge < -0.3 is 15.6 Å². The van der Waals surface area contributed by atoms with Gasteiger partial charge in [0.1, 0.15) is 5.75 Å². The summed E-state index contributed by atoms with van der Waals surface area (Å²) in [7, 11) is 0. The second kappa shape index (κ2) is 7.28. The Kier molecular flexibility index (Phi) is 5.65. The Morgan fingerprint density at radius 3 is 2.86 bits per heavy atom. The summed E-state index contributed by atoms with van der Waals surface area (Å²) in [4.78, 5) is 0. The predicted molar refractivity (Wildman–Crippen MR) is 86.3 cm³/mol. The van der Waals surface area contributed by atoms with Gasteiger partial charge in [-0.3, -0.25) is 0 Å². The van der Waals surface area contributed by atoms with Crippen LogP contribution in [0.5, 0.6) is 5.75 Å². The van der Waals surface area contributed by atoms with Crippen LogP contribution in [-0.2, 0) is 0 Å². The first kappa shape index (κ1) is 16.3. The lowest BCUT2D eigenvalue weighted by atomic mass is 9.76. The minimum absolute atomic E-state index is 0.163. The Labute approximate surface area is 128 Å². The minimum atomic E-state index is -0.496. The van der Waals surface area contributed by atoms with Crippen molar-refractivity contribution in [2.75, 3.05) is 13.2 Å².